The molecule has 0 aromatic rings. The van der Waals surface area contributed by atoms with Crippen LogP contribution in [0.1, 0.15) is 156 Å². The maximum atomic E-state index is 2.60. The Morgan fingerprint density at radius 3 is 2.00 bits per heavy atom. The van der Waals surface area contributed by atoms with Crippen LogP contribution in [0.4, 0.5) is 0 Å². The molecular formula is C34H62. The number of hydrogen-bond donors (Lipinski definition) is 0. The molecule has 0 amide bonds. The molecule has 0 heterocycles. The van der Waals surface area contributed by atoms with E-state index < -0.39 is 0 Å². The van der Waals surface area contributed by atoms with Crippen LogP contribution in [-0.2, 0) is 0 Å². The van der Waals surface area contributed by atoms with Gasteiger partial charge in [-0.15, -0.1) is 0 Å². The van der Waals surface area contributed by atoms with Crippen molar-refractivity contribution in [3.05, 3.63) is 0 Å². The molecule has 34 heavy (non-hydrogen) atoms. The van der Waals surface area contributed by atoms with Crippen molar-refractivity contribution >= 4 is 0 Å². The third-order valence-corrected chi connectivity index (χ3v) is 12.0. The van der Waals surface area contributed by atoms with Crippen LogP contribution >= 0.6 is 0 Å². The maximum Gasteiger partial charge on any atom is -0.0324 e. The van der Waals surface area contributed by atoms with Gasteiger partial charge in [-0.2, -0.15) is 0 Å². The lowest BCUT2D eigenvalue weighted by Gasteiger charge is -2.49. The quantitative estimate of drug-likeness (QED) is 0.362. The monoisotopic (exact) mass is 470 g/mol. The first kappa shape index (κ1) is 27.0. The van der Waals surface area contributed by atoms with E-state index in [0.29, 0.717) is 0 Å². The van der Waals surface area contributed by atoms with Gasteiger partial charge in [0.05, 0.1) is 0 Å². The molecule has 0 aliphatic heterocycles. The molecule has 9 atom stereocenters. The molecule has 5 rings (SSSR count). The van der Waals surface area contributed by atoms with Gasteiger partial charge in [0.15, 0.2) is 0 Å². The summed E-state index contributed by atoms with van der Waals surface area (Å²) < 4.78 is 0. The lowest BCUT2D eigenvalue weighted by molar-refractivity contribution is 0.00254. The molecule has 5 aliphatic rings. The molecule has 9 unspecified atom stereocenters. The van der Waals surface area contributed by atoms with Gasteiger partial charge in [0.25, 0.3) is 0 Å². The van der Waals surface area contributed by atoms with Gasteiger partial charge in [-0.3, -0.25) is 0 Å². The number of rotatable bonds is 6. The zero-order valence-corrected chi connectivity index (χ0v) is 23.9. The van der Waals surface area contributed by atoms with Gasteiger partial charge in [-0.25, -0.2) is 0 Å². The maximum absolute atomic E-state index is 2.60. The highest BCUT2D eigenvalue weighted by atomic mass is 14.5. The smallest absolute Gasteiger partial charge is 0.0324 e. The molecule has 0 heteroatoms. The van der Waals surface area contributed by atoms with E-state index in [2.05, 4.69) is 27.7 Å². The minimum Gasteiger partial charge on any atom is -0.0654 e. The summed E-state index contributed by atoms with van der Waals surface area (Å²) in [5, 5.41) is 0. The second-order valence-corrected chi connectivity index (χ2v) is 14.2. The second-order valence-electron chi connectivity index (χ2n) is 14.2. The van der Waals surface area contributed by atoms with E-state index in [1.54, 1.807) is 70.6 Å². The molecule has 0 saturated heterocycles. The Hall–Kier alpha value is 0. The summed E-state index contributed by atoms with van der Waals surface area (Å²) in [5.74, 6) is 10.9. The van der Waals surface area contributed by atoms with Crippen molar-refractivity contribution in [3.8, 4) is 0 Å². The van der Waals surface area contributed by atoms with E-state index in [1.807, 2.05) is 0 Å². The Morgan fingerprint density at radius 1 is 0.588 bits per heavy atom. The van der Waals surface area contributed by atoms with E-state index >= 15 is 0 Å². The minimum atomic E-state index is 1.02. The van der Waals surface area contributed by atoms with Crippen LogP contribution in [0.15, 0.2) is 0 Å². The summed E-state index contributed by atoms with van der Waals surface area (Å²) in [6, 6.07) is 0. The summed E-state index contributed by atoms with van der Waals surface area (Å²) in [5.41, 5.74) is 0. The average molecular weight is 471 g/mol. The first-order chi connectivity index (χ1) is 16.6. The van der Waals surface area contributed by atoms with E-state index in [0.717, 1.165) is 59.2 Å². The second kappa shape index (κ2) is 13.5. The third-order valence-electron chi connectivity index (χ3n) is 12.0. The standard InChI is InChI=1S/C20H36.C14H26/c1-3-4-12-18-15(2)14-17-11-8-13-19(17)20(18)16-9-6-5-7-10-16;1-3-12-5-4-6-13(10-12)14-8-7-11(2)9-14/h15-20H,3-14H2,1-2H3;11-14H,3-10H2,1-2H3. The van der Waals surface area contributed by atoms with Crippen LogP contribution < -0.4 is 0 Å². The average Bonchev–Trinajstić information content (AvgIpc) is 3.52. The zero-order valence-electron chi connectivity index (χ0n) is 23.9. The molecule has 0 aromatic heterocycles. The van der Waals surface area contributed by atoms with Gasteiger partial charge in [0.1, 0.15) is 0 Å². The van der Waals surface area contributed by atoms with Crippen LogP contribution in [-0.4, -0.2) is 0 Å². The molecule has 0 nitrogen and oxygen atoms in total. The van der Waals surface area contributed by atoms with E-state index in [1.165, 1.54) is 57.8 Å². The van der Waals surface area contributed by atoms with Gasteiger partial charge in [-0.05, 0) is 97.7 Å². The normalized spacial score (nSPS) is 43.2. The molecule has 5 fully saturated rings. The van der Waals surface area contributed by atoms with Crippen molar-refractivity contribution in [3.63, 3.8) is 0 Å². The number of unbranched alkanes of at least 4 members (excludes halogenated alkanes) is 1. The third kappa shape index (κ3) is 6.85. The first-order valence-corrected chi connectivity index (χ1v) is 16.6. The fraction of sp³-hybridized carbons (Fsp3) is 1.00. The largest absolute Gasteiger partial charge is 0.0654 e. The Balaban J connectivity index is 0.000000172. The Bertz CT molecular complexity index is 558. The van der Waals surface area contributed by atoms with Gasteiger partial charge >= 0.3 is 0 Å². The van der Waals surface area contributed by atoms with Gasteiger partial charge in [0.2, 0.25) is 0 Å². The SMILES string of the molecule is CCC1CCCC(C2CCC(C)C2)C1.CCCCC1C(C)CC2CCCC2C1C1CCCCC1. The number of fused-ring (bicyclic) bond motifs is 1. The fourth-order valence-electron chi connectivity index (χ4n) is 10.2. The predicted octanol–water partition coefficient (Wildman–Crippen LogP) is 11.1. The molecule has 0 spiro atoms. The Morgan fingerprint density at radius 2 is 1.29 bits per heavy atom. The van der Waals surface area contributed by atoms with Crippen molar-refractivity contribution < 1.29 is 0 Å². The van der Waals surface area contributed by atoms with Crippen molar-refractivity contribution in [2.45, 2.75) is 156 Å². The summed E-state index contributed by atoms with van der Waals surface area (Å²) in [4.78, 5) is 0. The minimum absolute atomic E-state index is 1.02. The molecule has 0 bridgehead atoms. The van der Waals surface area contributed by atoms with E-state index in [4.69, 9.17) is 0 Å². The van der Waals surface area contributed by atoms with Crippen molar-refractivity contribution in [2.24, 2.45) is 59.2 Å². The van der Waals surface area contributed by atoms with Crippen molar-refractivity contribution in [2.75, 3.05) is 0 Å². The Labute approximate surface area is 215 Å². The molecule has 198 valence electrons. The van der Waals surface area contributed by atoms with E-state index in [-0.39, 0.29) is 0 Å². The van der Waals surface area contributed by atoms with Crippen LogP contribution in [0, 0.1) is 59.2 Å². The lowest BCUT2D eigenvalue weighted by atomic mass is 9.56. The molecule has 0 radical (unpaired) electrons. The molecular weight excluding hydrogens is 408 g/mol. The molecule has 5 saturated carbocycles. The van der Waals surface area contributed by atoms with Crippen LogP contribution in [0.2, 0.25) is 0 Å². The van der Waals surface area contributed by atoms with Gasteiger partial charge in [0, 0.05) is 0 Å². The van der Waals surface area contributed by atoms with Gasteiger partial charge in [-0.1, -0.05) is 118 Å². The lowest BCUT2D eigenvalue weighted by Crippen LogP contribution is -2.41. The first-order valence-electron chi connectivity index (χ1n) is 16.6. The van der Waals surface area contributed by atoms with Gasteiger partial charge < -0.3 is 0 Å². The fourth-order valence-corrected chi connectivity index (χ4v) is 10.2. The summed E-state index contributed by atoms with van der Waals surface area (Å²) in [6.45, 7) is 9.80. The summed E-state index contributed by atoms with van der Waals surface area (Å²) in [7, 11) is 0. The van der Waals surface area contributed by atoms with Crippen LogP contribution in [0.3, 0.4) is 0 Å². The highest BCUT2D eigenvalue weighted by molar-refractivity contribution is 4.96. The highest BCUT2D eigenvalue weighted by Gasteiger charge is 2.47. The van der Waals surface area contributed by atoms with Crippen molar-refractivity contribution in [1.29, 1.82) is 0 Å². The summed E-state index contributed by atoms with van der Waals surface area (Å²) >= 11 is 0. The molecule has 5 aliphatic carbocycles. The highest BCUT2D eigenvalue weighted by Crippen LogP contribution is 2.55. The van der Waals surface area contributed by atoms with Crippen LogP contribution in [0.25, 0.3) is 0 Å². The van der Waals surface area contributed by atoms with E-state index in [9.17, 15) is 0 Å². The zero-order chi connectivity index (χ0) is 23.9. The molecule has 0 aromatic carbocycles. The molecule has 0 N–H and O–H groups in total. The van der Waals surface area contributed by atoms with Crippen LogP contribution in [0.5, 0.6) is 0 Å². The number of hydrogen-bond acceptors (Lipinski definition) is 0. The Kier molecular flexibility index (Phi) is 10.8. The summed E-state index contributed by atoms with van der Waals surface area (Å²) in [6.07, 6.45) is 30.6. The topological polar surface area (TPSA) is 0 Å². The predicted molar refractivity (Wildman–Crippen MR) is 150 cm³/mol. The van der Waals surface area contributed by atoms with Crippen molar-refractivity contribution in [1.82, 2.24) is 0 Å².